The van der Waals surface area contributed by atoms with Crippen LogP contribution in [0, 0.1) is 13.8 Å². The first-order valence-corrected chi connectivity index (χ1v) is 9.49. The zero-order valence-corrected chi connectivity index (χ0v) is 15.2. The van der Waals surface area contributed by atoms with E-state index in [4.69, 9.17) is 16.0 Å². The van der Waals surface area contributed by atoms with Gasteiger partial charge in [-0.1, -0.05) is 47.0 Å². The van der Waals surface area contributed by atoms with Gasteiger partial charge < -0.3 is 4.42 Å². The molecule has 0 amide bonds. The Labute approximate surface area is 149 Å². The number of rotatable bonds is 5. The first-order chi connectivity index (χ1) is 11.5. The lowest BCUT2D eigenvalue weighted by atomic mass is 10.1. The number of nitrogens with zero attached hydrogens (tertiary/aromatic N) is 1. The minimum Gasteiger partial charge on any atom is -0.444 e. The third kappa shape index (κ3) is 4.34. The molecule has 0 bridgehead atoms. The molecule has 0 spiro atoms. The third-order valence-electron chi connectivity index (χ3n) is 3.54. The van der Waals surface area contributed by atoms with Crippen LogP contribution in [-0.4, -0.2) is 9.19 Å². The maximum absolute atomic E-state index is 12.4. The van der Waals surface area contributed by atoms with Crippen LogP contribution in [0.25, 0.3) is 11.5 Å². The summed E-state index contributed by atoms with van der Waals surface area (Å²) in [6.45, 7) is 4.10. The van der Waals surface area contributed by atoms with Gasteiger partial charge in [-0.25, -0.2) is 4.98 Å². The highest BCUT2D eigenvalue weighted by atomic mass is 35.5. The van der Waals surface area contributed by atoms with Crippen molar-refractivity contribution < 1.29 is 8.63 Å². The minimum atomic E-state index is -1.03. The molecule has 0 saturated carbocycles. The smallest absolute Gasteiger partial charge is 0.226 e. The predicted octanol–water partition coefficient (Wildman–Crippen LogP) is 5.06. The van der Waals surface area contributed by atoms with Crippen molar-refractivity contribution in [3.63, 3.8) is 0 Å². The van der Waals surface area contributed by atoms with Gasteiger partial charge in [0.05, 0.1) is 11.4 Å². The summed E-state index contributed by atoms with van der Waals surface area (Å²) in [5.74, 6) is 1.38. The highest BCUT2D eigenvalue weighted by molar-refractivity contribution is 7.83. The maximum atomic E-state index is 12.4. The number of benzene rings is 2. The van der Waals surface area contributed by atoms with Gasteiger partial charge in [0.25, 0.3) is 0 Å². The normalized spacial score (nSPS) is 12.3. The van der Waals surface area contributed by atoms with Gasteiger partial charge in [-0.2, -0.15) is 0 Å². The molecular weight excluding hydrogens is 342 g/mol. The molecule has 3 rings (SSSR count). The van der Waals surface area contributed by atoms with Crippen molar-refractivity contribution in [2.24, 2.45) is 0 Å². The zero-order chi connectivity index (χ0) is 17.1. The molecule has 0 N–H and O–H groups in total. The Balaban J connectivity index is 1.69. The molecule has 124 valence electrons. The number of halogens is 1. The number of hydrogen-bond donors (Lipinski definition) is 0. The van der Waals surface area contributed by atoms with Gasteiger partial charge in [0, 0.05) is 27.1 Å². The molecule has 0 aliphatic rings. The highest BCUT2D eigenvalue weighted by Crippen LogP contribution is 2.22. The average Bonchev–Trinajstić information content (AvgIpc) is 2.94. The number of aryl methyl sites for hydroxylation is 2. The first kappa shape index (κ1) is 16.9. The SMILES string of the molecule is Cc1cc(C)cc(CS(=O)Cc2coc(-c3cccc(Cl)c3)n2)c1. The van der Waals surface area contributed by atoms with Gasteiger partial charge in [0.2, 0.25) is 5.89 Å². The highest BCUT2D eigenvalue weighted by Gasteiger charge is 2.11. The average molecular weight is 360 g/mol. The quantitative estimate of drug-likeness (QED) is 0.639. The van der Waals surface area contributed by atoms with Crippen LogP contribution in [0.4, 0.5) is 0 Å². The van der Waals surface area contributed by atoms with Crippen molar-refractivity contribution >= 4 is 22.4 Å². The van der Waals surface area contributed by atoms with E-state index in [1.165, 1.54) is 11.1 Å². The Morgan fingerprint density at radius 3 is 2.54 bits per heavy atom. The van der Waals surface area contributed by atoms with E-state index < -0.39 is 10.8 Å². The van der Waals surface area contributed by atoms with E-state index in [1.54, 1.807) is 18.4 Å². The van der Waals surface area contributed by atoms with Crippen LogP contribution in [0.1, 0.15) is 22.4 Å². The fraction of sp³-hybridized carbons (Fsp3) is 0.211. The molecule has 3 aromatic rings. The molecule has 24 heavy (non-hydrogen) atoms. The van der Waals surface area contributed by atoms with E-state index in [-0.39, 0.29) is 0 Å². The Kier molecular flexibility index (Phi) is 5.17. The van der Waals surface area contributed by atoms with E-state index in [1.807, 2.05) is 26.0 Å². The minimum absolute atomic E-state index is 0.372. The van der Waals surface area contributed by atoms with Crippen LogP contribution in [0.2, 0.25) is 5.02 Å². The van der Waals surface area contributed by atoms with Crippen LogP contribution in [0.3, 0.4) is 0 Å². The van der Waals surface area contributed by atoms with Gasteiger partial charge in [-0.05, 0) is 37.6 Å². The van der Waals surface area contributed by atoms with Crippen LogP contribution in [0.5, 0.6) is 0 Å². The largest absolute Gasteiger partial charge is 0.444 e. The number of oxazole rings is 1. The Hall–Kier alpha value is -1.91. The summed E-state index contributed by atoms with van der Waals surface area (Å²) in [6.07, 6.45) is 1.57. The molecule has 1 heterocycles. The topological polar surface area (TPSA) is 43.1 Å². The Bertz CT molecular complexity index is 868. The van der Waals surface area contributed by atoms with E-state index in [2.05, 4.69) is 23.2 Å². The van der Waals surface area contributed by atoms with E-state index in [0.717, 1.165) is 11.1 Å². The van der Waals surface area contributed by atoms with Gasteiger partial charge in [0.1, 0.15) is 6.26 Å². The molecule has 0 radical (unpaired) electrons. The molecule has 3 nitrogen and oxygen atoms in total. The van der Waals surface area contributed by atoms with Crippen LogP contribution >= 0.6 is 11.6 Å². The van der Waals surface area contributed by atoms with Gasteiger partial charge >= 0.3 is 0 Å². The van der Waals surface area contributed by atoms with E-state index in [0.29, 0.717) is 28.1 Å². The maximum Gasteiger partial charge on any atom is 0.226 e. The summed E-state index contributed by atoms with van der Waals surface area (Å²) in [5.41, 5.74) is 4.96. The summed E-state index contributed by atoms with van der Waals surface area (Å²) in [6, 6.07) is 13.6. The molecule has 2 aromatic carbocycles. The fourth-order valence-electron chi connectivity index (χ4n) is 2.68. The summed E-state index contributed by atoms with van der Waals surface area (Å²) in [7, 11) is -1.03. The van der Waals surface area contributed by atoms with Gasteiger partial charge in [0.15, 0.2) is 0 Å². The lowest BCUT2D eigenvalue weighted by Gasteiger charge is -2.04. The second kappa shape index (κ2) is 7.32. The summed E-state index contributed by atoms with van der Waals surface area (Å²) in [4.78, 5) is 4.42. The van der Waals surface area contributed by atoms with E-state index >= 15 is 0 Å². The summed E-state index contributed by atoms with van der Waals surface area (Å²) in [5, 5.41) is 0.630. The Morgan fingerprint density at radius 1 is 1.08 bits per heavy atom. The molecule has 0 saturated heterocycles. The zero-order valence-electron chi connectivity index (χ0n) is 13.6. The van der Waals surface area contributed by atoms with Gasteiger partial charge in [-0.3, -0.25) is 4.21 Å². The van der Waals surface area contributed by atoms with Gasteiger partial charge in [-0.15, -0.1) is 0 Å². The first-order valence-electron chi connectivity index (χ1n) is 7.62. The fourth-order valence-corrected chi connectivity index (χ4v) is 3.97. The van der Waals surface area contributed by atoms with E-state index in [9.17, 15) is 4.21 Å². The van der Waals surface area contributed by atoms with Crippen molar-refractivity contribution in [3.05, 3.63) is 76.1 Å². The molecule has 0 aliphatic heterocycles. The third-order valence-corrected chi connectivity index (χ3v) is 5.05. The summed E-state index contributed by atoms with van der Waals surface area (Å²) < 4.78 is 17.9. The number of aromatic nitrogens is 1. The van der Waals surface area contributed by atoms with Crippen LogP contribution in [-0.2, 0) is 22.3 Å². The van der Waals surface area contributed by atoms with Crippen molar-refractivity contribution in [1.82, 2.24) is 4.98 Å². The van der Waals surface area contributed by atoms with Crippen LogP contribution < -0.4 is 0 Å². The summed E-state index contributed by atoms with van der Waals surface area (Å²) >= 11 is 5.98. The Morgan fingerprint density at radius 2 is 1.83 bits per heavy atom. The molecular formula is C19H18ClNO2S. The van der Waals surface area contributed by atoms with Crippen molar-refractivity contribution in [2.75, 3.05) is 0 Å². The second-order valence-corrected chi connectivity index (χ2v) is 7.77. The van der Waals surface area contributed by atoms with Crippen molar-refractivity contribution in [3.8, 4) is 11.5 Å². The molecule has 0 fully saturated rings. The number of hydrogen-bond acceptors (Lipinski definition) is 3. The standard InChI is InChI=1S/C19H18ClNO2S/c1-13-6-14(2)8-15(7-13)11-24(22)12-18-10-23-19(21-18)16-4-3-5-17(20)9-16/h3-10H,11-12H2,1-2H3. The van der Waals surface area contributed by atoms with Crippen molar-refractivity contribution in [2.45, 2.75) is 25.4 Å². The molecule has 1 atom stereocenters. The monoisotopic (exact) mass is 359 g/mol. The lowest BCUT2D eigenvalue weighted by Crippen LogP contribution is -2.00. The molecule has 0 aliphatic carbocycles. The predicted molar refractivity (Wildman–Crippen MR) is 98.4 cm³/mol. The second-order valence-electron chi connectivity index (χ2n) is 5.88. The molecule has 1 unspecified atom stereocenters. The lowest BCUT2D eigenvalue weighted by molar-refractivity contribution is 0.573. The van der Waals surface area contributed by atoms with Crippen molar-refractivity contribution in [1.29, 1.82) is 0 Å². The molecule has 5 heteroatoms. The molecule has 1 aromatic heterocycles. The van der Waals surface area contributed by atoms with Crippen LogP contribution in [0.15, 0.2) is 53.1 Å².